The lowest BCUT2D eigenvalue weighted by Crippen LogP contribution is -2.47. The molecule has 136 valence electrons. The first-order valence-electron chi connectivity index (χ1n) is 9.33. The minimum Gasteiger partial charge on any atom is -0.366 e. The molecule has 1 saturated carbocycles. The van der Waals surface area contributed by atoms with Crippen LogP contribution in [0.3, 0.4) is 0 Å². The van der Waals surface area contributed by atoms with Gasteiger partial charge in [-0.25, -0.2) is 10.5 Å². The van der Waals surface area contributed by atoms with Crippen LogP contribution in [-0.2, 0) is 4.79 Å². The quantitative estimate of drug-likeness (QED) is 0.435. The van der Waals surface area contributed by atoms with E-state index >= 15 is 0 Å². The lowest BCUT2D eigenvalue weighted by Gasteiger charge is -2.40. The number of amides is 1. The molecule has 3 rings (SSSR count). The van der Waals surface area contributed by atoms with E-state index in [1.807, 2.05) is 12.1 Å². The van der Waals surface area contributed by atoms with Gasteiger partial charge < -0.3 is 5.32 Å². The van der Waals surface area contributed by atoms with E-state index in [2.05, 4.69) is 15.2 Å². The number of likely N-dealkylation sites (tertiary alicyclic amines) is 1. The van der Waals surface area contributed by atoms with Crippen molar-refractivity contribution in [3.8, 4) is 0 Å². The molecule has 25 heavy (non-hydrogen) atoms. The second-order valence-corrected chi connectivity index (χ2v) is 7.06. The van der Waals surface area contributed by atoms with E-state index in [-0.39, 0.29) is 0 Å². The van der Waals surface area contributed by atoms with Crippen molar-refractivity contribution in [1.82, 2.24) is 15.4 Å². The molecule has 1 aromatic rings. The molecule has 2 heterocycles. The van der Waals surface area contributed by atoms with Crippen LogP contribution >= 0.6 is 0 Å². The summed E-state index contributed by atoms with van der Waals surface area (Å²) in [6, 6.07) is 5.08. The largest absolute Gasteiger partial charge is 0.366 e. The molecule has 0 radical (unpaired) electrons. The number of anilines is 1. The third-order valence-corrected chi connectivity index (χ3v) is 5.22. The van der Waals surface area contributed by atoms with Crippen LogP contribution in [0.2, 0.25) is 0 Å². The number of hydrogen-bond acceptors (Lipinski definition) is 5. The maximum Gasteiger partial charge on any atom is 0.267 e. The predicted octanol–water partition coefficient (Wildman–Crippen LogP) is 2.81. The molecule has 2 aliphatic rings. The predicted molar refractivity (Wildman–Crippen MR) is 98.3 cm³/mol. The second kappa shape index (κ2) is 8.97. The van der Waals surface area contributed by atoms with Gasteiger partial charge in [-0.2, -0.15) is 0 Å². The van der Waals surface area contributed by atoms with Gasteiger partial charge in [-0.1, -0.05) is 19.3 Å². The molecule has 3 N–H and O–H groups in total. The van der Waals surface area contributed by atoms with E-state index in [1.165, 1.54) is 57.6 Å². The highest BCUT2D eigenvalue weighted by molar-refractivity contribution is 5.90. The van der Waals surface area contributed by atoms with Crippen molar-refractivity contribution in [1.29, 1.82) is 0 Å². The molecule has 1 amide bonds. The number of carbonyl (C=O) groups excluding carboxylic acids is 1. The zero-order chi connectivity index (χ0) is 17.5. The summed E-state index contributed by atoms with van der Waals surface area (Å²) in [7, 11) is 0. The molecule has 0 bridgehead atoms. The summed E-state index contributed by atoms with van der Waals surface area (Å²) in [5.41, 5.74) is 2.39. The summed E-state index contributed by atoms with van der Waals surface area (Å²) in [6.07, 6.45) is 13.9. The van der Waals surface area contributed by atoms with Crippen molar-refractivity contribution >= 4 is 17.8 Å². The first kappa shape index (κ1) is 17.9. The number of rotatable bonds is 5. The second-order valence-electron chi connectivity index (χ2n) is 7.06. The lowest BCUT2D eigenvalue weighted by atomic mass is 9.92. The topological polar surface area (TPSA) is 77.5 Å². The monoisotopic (exact) mass is 344 g/mol. The number of pyridine rings is 1. The number of carbonyl (C=O) groups is 1. The molecule has 6 nitrogen and oxygen atoms in total. The summed E-state index contributed by atoms with van der Waals surface area (Å²) < 4.78 is 0. The average Bonchev–Trinajstić information content (AvgIpc) is 2.68. The van der Waals surface area contributed by atoms with E-state index in [1.54, 1.807) is 17.8 Å². The van der Waals surface area contributed by atoms with E-state index in [4.69, 9.17) is 5.21 Å². The highest BCUT2D eigenvalue weighted by Gasteiger charge is 2.26. The Balaban J connectivity index is 1.52. The minimum absolute atomic E-state index is 0.449. The first-order chi connectivity index (χ1) is 12.2. The molecule has 6 heteroatoms. The van der Waals surface area contributed by atoms with E-state index < -0.39 is 5.91 Å². The Bertz CT molecular complexity index is 582. The van der Waals surface area contributed by atoms with E-state index in [0.717, 1.165) is 24.0 Å². The van der Waals surface area contributed by atoms with Gasteiger partial charge >= 0.3 is 0 Å². The van der Waals surface area contributed by atoms with Crippen molar-refractivity contribution in [3.05, 3.63) is 30.0 Å². The van der Waals surface area contributed by atoms with E-state index in [9.17, 15) is 4.79 Å². The fourth-order valence-corrected chi connectivity index (χ4v) is 3.91. The lowest BCUT2D eigenvalue weighted by molar-refractivity contribution is -0.124. The molecule has 0 aromatic carbocycles. The molecule has 1 aromatic heterocycles. The third kappa shape index (κ3) is 5.28. The van der Waals surface area contributed by atoms with Crippen LogP contribution in [0.4, 0.5) is 5.82 Å². The zero-order valence-electron chi connectivity index (χ0n) is 14.7. The Labute approximate surface area is 149 Å². The van der Waals surface area contributed by atoms with E-state index in [0.29, 0.717) is 6.04 Å². The smallest absolute Gasteiger partial charge is 0.267 e. The Morgan fingerprint density at radius 2 is 2.04 bits per heavy atom. The fraction of sp³-hybridized carbons (Fsp3) is 0.579. The maximum atomic E-state index is 11.0. The Kier molecular flexibility index (Phi) is 6.42. The maximum absolute atomic E-state index is 11.0. The van der Waals surface area contributed by atoms with Gasteiger partial charge in [-0.3, -0.25) is 14.9 Å². The SMILES string of the molecule is O=C(C=Cc1ccc(N[C@@H]2CCCN(C3CCCCC3)C2)nc1)NO. The molecule has 1 saturated heterocycles. The Hall–Kier alpha value is -1.92. The normalized spacial score (nSPS) is 22.8. The first-order valence-corrected chi connectivity index (χ1v) is 9.33. The zero-order valence-corrected chi connectivity index (χ0v) is 14.7. The summed E-state index contributed by atoms with van der Waals surface area (Å²) in [5.74, 6) is 0.325. The van der Waals surface area contributed by atoms with Gasteiger partial charge in [0.05, 0.1) is 0 Å². The standard InChI is InChI=1S/C19H28N4O2/c24-19(22-25)11-9-15-8-10-18(20-13-15)21-16-5-4-12-23(14-16)17-6-2-1-3-7-17/h8-11,13,16-17,25H,1-7,12,14H2,(H,20,21)(H,22,24)/t16-/m1/s1. The molecule has 2 fully saturated rings. The summed E-state index contributed by atoms with van der Waals surface area (Å²) in [6.45, 7) is 2.33. The summed E-state index contributed by atoms with van der Waals surface area (Å²) >= 11 is 0. The molecule has 0 spiro atoms. The van der Waals surface area contributed by atoms with Crippen LogP contribution in [0.1, 0.15) is 50.5 Å². The van der Waals surface area contributed by atoms with Gasteiger partial charge in [0.15, 0.2) is 0 Å². The van der Waals surface area contributed by atoms with Gasteiger partial charge in [-0.05, 0) is 56.0 Å². The van der Waals surface area contributed by atoms with Gasteiger partial charge in [0, 0.05) is 30.9 Å². The molecule has 0 unspecified atom stereocenters. The summed E-state index contributed by atoms with van der Waals surface area (Å²) in [4.78, 5) is 18.1. The van der Waals surface area contributed by atoms with Crippen LogP contribution in [0, 0.1) is 0 Å². The van der Waals surface area contributed by atoms with Gasteiger partial charge in [0.1, 0.15) is 5.82 Å². The molecule has 1 aliphatic heterocycles. The van der Waals surface area contributed by atoms with Crippen LogP contribution in [-0.4, -0.2) is 46.2 Å². The number of hydroxylamine groups is 1. The van der Waals surface area contributed by atoms with Crippen LogP contribution in [0.5, 0.6) is 0 Å². The highest BCUT2D eigenvalue weighted by Crippen LogP contribution is 2.26. The molecular weight excluding hydrogens is 316 g/mol. The number of nitrogens with zero attached hydrogens (tertiary/aromatic N) is 2. The summed E-state index contributed by atoms with van der Waals surface area (Å²) in [5, 5.41) is 12.0. The van der Waals surface area contributed by atoms with Crippen LogP contribution in [0.25, 0.3) is 6.08 Å². The van der Waals surface area contributed by atoms with Crippen LogP contribution < -0.4 is 10.8 Å². The number of nitrogens with one attached hydrogen (secondary N) is 2. The number of aromatic nitrogens is 1. The van der Waals surface area contributed by atoms with Crippen molar-refractivity contribution < 1.29 is 10.0 Å². The van der Waals surface area contributed by atoms with Gasteiger partial charge in [0.25, 0.3) is 5.91 Å². The Morgan fingerprint density at radius 3 is 2.76 bits per heavy atom. The molecule has 1 aliphatic carbocycles. The van der Waals surface area contributed by atoms with Crippen LogP contribution in [0.15, 0.2) is 24.4 Å². The fourth-order valence-electron chi connectivity index (χ4n) is 3.91. The molecular formula is C19H28N4O2. The van der Waals surface area contributed by atoms with Gasteiger partial charge in [-0.15, -0.1) is 0 Å². The Morgan fingerprint density at radius 1 is 1.20 bits per heavy atom. The highest BCUT2D eigenvalue weighted by atomic mass is 16.5. The third-order valence-electron chi connectivity index (χ3n) is 5.22. The van der Waals surface area contributed by atoms with Crippen molar-refractivity contribution in [2.75, 3.05) is 18.4 Å². The van der Waals surface area contributed by atoms with Crippen molar-refractivity contribution in [2.45, 2.75) is 57.0 Å². The van der Waals surface area contributed by atoms with Gasteiger partial charge in [0.2, 0.25) is 0 Å². The number of hydrogen-bond donors (Lipinski definition) is 3. The van der Waals surface area contributed by atoms with Crippen molar-refractivity contribution in [2.24, 2.45) is 0 Å². The molecule has 1 atom stereocenters. The van der Waals surface area contributed by atoms with Crippen molar-refractivity contribution in [3.63, 3.8) is 0 Å². The number of piperidine rings is 1. The average molecular weight is 344 g/mol. The minimum atomic E-state index is -0.549.